The molecule has 2 atom stereocenters. The number of anilines is 1. The zero-order chi connectivity index (χ0) is 20.8. The van der Waals surface area contributed by atoms with Gasteiger partial charge in [0.15, 0.2) is 0 Å². The van der Waals surface area contributed by atoms with Gasteiger partial charge in [-0.3, -0.25) is 4.79 Å². The maximum absolute atomic E-state index is 13.4. The van der Waals surface area contributed by atoms with Gasteiger partial charge in [0.1, 0.15) is 11.6 Å². The topological polar surface area (TPSA) is 80.0 Å². The second-order valence-corrected chi connectivity index (χ2v) is 8.40. The highest BCUT2D eigenvalue weighted by Gasteiger charge is 2.42. The molecule has 1 amide bonds. The first-order chi connectivity index (χ1) is 14.5. The smallest absolute Gasteiger partial charge is 0.256 e. The lowest BCUT2D eigenvalue weighted by molar-refractivity contribution is 0.0782. The van der Waals surface area contributed by atoms with E-state index < -0.39 is 0 Å². The number of amides is 1. The first-order valence-corrected chi connectivity index (χ1v) is 10.3. The highest BCUT2D eigenvalue weighted by molar-refractivity contribution is 5.98. The number of nitrogens with zero attached hydrogens (tertiary/aromatic N) is 7. The first-order valence-electron chi connectivity index (χ1n) is 10.3. The molecular weight excluding hydrogens is 378 g/mol. The lowest BCUT2D eigenvalue weighted by Gasteiger charge is -2.24. The van der Waals surface area contributed by atoms with Crippen molar-refractivity contribution in [3.8, 4) is 5.69 Å². The Bertz CT molecular complexity index is 1080. The van der Waals surface area contributed by atoms with Gasteiger partial charge in [-0.2, -0.15) is 15.0 Å². The molecule has 8 nitrogen and oxygen atoms in total. The summed E-state index contributed by atoms with van der Waals surface area (Å²) in [6.45, 7) is 9.36. The summed E-state index contributed by atoms with van der Waals surface area (Å²) in [4.78, 5) is 28.2. The predicted octanol–water partition coefficient (Wildman–Crippen LogP) is 2.19. The minimum Gasteiger partial charge on any atom is -0.356 e. The Labute approximate surface area is 175 Å². The fourth-order valence-electron chi connectivity index (χ4n) is 4.68. The summed E-state index contributed by atoms with van der Waals surface area (Å²) >= 11 is 0. The number of aromatic nitrogens is 5. The largest absolute Gasteiger partial charge is 0.356 e. The minimum atomic E-state index is 0.0565. The third kappa shape index (κ3) is 3.22. The van der Waals surface area contributed by atoms with Gasteiger partial charge in [0.2, 0.25) is 0 Å². The van der Waals surface area contributed by atoms with Crippen LogP contribution in [-0.4, -0.2) is 61.9 Å². The Kier molecular flexibility index (Phi) is 4.49. The molecule has 2 aliphatic heterocycles. The van der Waals surface area contributed by atoms with Gasteiger partial charge in [-0.25, -0.2) is 9.97 Å². The van der Waals surface area contributed by atoms with E-state index in [0.717, 1.165) is 54.6 Å². The lowest BCUT2D eigenvalue weighted by Crippen LogP contribution is -2.34. The van der Waals surface area contributed by atoms with Crippen LogP contribution >= 0.6 is 0 Å². The van der Waals surface area contributed by atoms with Crippen molar-refractivity contribution in [2.24, 2.45) is 11.8 Å². The highest BCUT2D eigenvalue weighted by atomic mass is 16.2. The Morgan fingerprint density at radius 2 is 1.70 bits per heavy atom. The summed E-state index contributed by atoms with van der Waals surface area (Å²) in [7, 11) is 0. The van der Waals surface area contributed by atoms with Crippen molar-refractivity contribution >= 4 is 11.7 Å². The lowest BCUT2D eigenvalue weighted by atomic mass is 10.0. The predicted molar refractivity (Wildman–Crippen MR) is 113 cm³/mol. The molecule has 2 aromatic heterocycles. The van der Waals surface area contributed by atoms with E-state index in [1.54, 1.807) is 12.4 Å². The zero-order valence-electron chi connectivity index (χ0n) is 17.5. The van der Waals surface area contributed by atoms with E-state index in [-0.39, 0.29) is 5.91 Å². The van der Waals surface area contributed by atoms with E-state index in [0.29, 0.717) is 17.4 Å². The monoisotopic (exact) mass is 403 g/mol. The highest BCUT2D eigenvalue weighted by Crippen LogP contribution is 2.35. The molecule has 5 rings (SSSR count). The van der Waals surface area contributed by atoms with Crippen molar-refractivity contribution in [2.75, 3.05) is 31.1 Å². The van der Waals surface area contributed by atoms with E-state index in [1.807, 2.05) is 43.1 Å². The fraction of sp³-hybridized carbons (Fsp3) is 0.409. The van der Waals surface area contributed by atoms with Crippen molar-refractivity contribution < 1.29 is 4.79 Å². The molecule has 2 unspecified atom stereocenters. The average molecular weight is 403 g/mol. The molecule has 0 spiro atoms. The van der Waals surface area contributed by atoms with E-state index in [4.69, 9.17) is 0 Å². The molecule has 0 bridgehead atoms. The standard InChI is InChI=1S/C22H25N7O/c1-14-4-5-20(29-24-6-7-25-29)19(8-14)22(30)28-12-17-10-27(11-18(17)13-28)21-15(2)9-23-16(3)26-21/h4-9,17-18H,10-13H2,1-3H3. The molecule has 30 heavy (non-hydrogen) atoms. The van der Waals surface area contributed by atoms with Gasteiger partial charge in [0.05, 0.1) is 23.6 Å². The van der Waals surface area contributed by atoms with Crippen LogP contribution in [0.1, 0.15) is 27.3 Å². The minimum absolute atomic E-state index is 0.0565. The molecule has 2 aliphatic rings. The van der Waals surface area contributed by atoms with Crippen LogP contribution in [0, 0.1) is 32.6 Å². The number of rotatable bonds is 3. The van der Waals surface area contributed by atoms with Crippen molar-refractivity contribution in [1.82, 2.24) is 29.9 Å². The number of likely N-dealkylation sites (tertiary alicyclic amines) is 1. The molecule has 2 saturated heterocycles. The molecule has 0 saturated carbocycles. The molecule has 154 valence electrons. The Hall–Kier alpha value is -3.29. The zero-order valence-corrected chi connectivity index (χ0v) is 17.5. The number of benzene rings is 1. The second kappa shape index (κ2) is 7.19. The summed E-state index contributed by atoms with van der Waals surface area (Å²) in [5, 5.41) is 8.44. The first kappa shape index (κ1) is 18.7. The van der Waals surface area contributed by atoms with Gasteiger partial charge in [-0.15, -0.1) is 0 Å². The van der Waals surface area contributed by atoms with Crippen molar-refractivity contribution in [1.29, 1.82) is 0 Å². The molecule has 1 aromatic carbocycles. The second-order valence-electron chi connectivity index (χ2n) is 8.40. The molecule has 0 N–H and O–H groups in total. The molecular formula is C22H25N7O. The summed E-state index contributed by atoms with van der Waals surface area (Å²) in [6.07, 6.45) is 5.14. The van der Waals surface area contributed by atoms with Crippen molar-refractivity contribution in [3.63, 3.8) is 0 Å². The van der Waals surface area contributed by atoms with Gasteiger partial charge in [0, 0.05) is 49.8 Å². The molecule has 8 heteroatoms. The van der Waals surface area contributed by atoms with Crippen LogP contribution in [0.4, 0.5) is 5.82 Å². The normalized spacial score (nSPS) is 20.6. The Morgan fingerprint density at radius 3 is 2.40 bits per heavy atom. The number of fused-ring (bicyclic) bond motifs is 1. The van der Waals surface area contributed by atoms with Gasteiger partial charge in [-0.05, 0) is 32.9 Å². The van der Waals surface area contributed by atoms with Crippen LogP contribution < -0.4 is 4.90 Å². The van der Waals surface area contributed by atoms with Crippen LogP contribution in [0.15, 0.2) is 36.8 Å². The van der Waals surface area contributed by atoms with E-state index in [2.05, 4.69) is 32.0 Å². The van der Waals surface area contributed by atoms with Gasteiger partial charge in [-0.1, -0.05) is 11.6 Å². The van der Waals surface area contributed by atoms with E-state index in [1.165, 1.54) is 4.80 Å². The Morgan fingerprint density at radius 1 is 1.00 bits per heavy atom. The fourth-order valence-corrected chi connectivity index (χ4v) is 4.68. The average Bonchev–Trinajstić information content (AvgIpc) is 3.45. The van der Waals surface area contributed by atoms with Crippen LogP contribution in [-0.2, 0) is 0 Å². The SMILES string of the molecule is Cc1ccc(-n2nccn2)c(C(=O)N2CC3CN(c4nc(C)ncc4C)CC3C2)c1. The molecule has 4 heterocycles. The third-order valence-electron chi connectivity index (χ3n) is 6.16. The summed E-state index contributed by atoms with van der Waals surface area (Å²) in [6, 6.07) is 5.84. The third-order valence-corrected chi connectivity index (χ3v) is 6.16. The number of aryl methyl sites for hydroxylation is 3. The quantitative estimate of drug-likeness (QED) is 0.667. The number of carbonyl (C=O) groups is 1. The van der Waals surface area contributed by atoms with Crippen LogP contribution in [0.25, 0.3) is 5.69 Å². The van der Waals surface area contributed by atoms with Crippen LogP contribution in [0.5, 0.6) is 0 Å². The Balaban J connectivity index is 1.34. The maximum atomic E-state index is 13.4. The summed E-state index contributed by atoms with van der Waals surface area (Å²) in [5.41, 5.74) is 3.53. The van der Waals surface area contributed by atoms with Gasteiger partial charge in [0.25, 0.3) is 5.91 Å². The van der Waals surface area contributed by atoms with Crippen molar-refractivity contribution in [3.05, 3.63) is 59.3 Å². The molecule has 2 fully saturated rings. The van der Waals surface area contributed by atoms with Gasteiger partial charge >= 0.3 is 0 Å². The summed E-state index contributed by atoms with van der Waals surface area (Å²) in [5.74, 6) is 2.80. The van der Waals surface area contributed by atoms with Crippen LogP contribution in [0.2, 0.25) is 0 Å². The van der Waals surface area contributed by atoms with Crippen molar-refractivity contribution in [2.45, 2.75) is 20.8 Å². The number of hydrogen-bond acceptors (Lipinski definition) is 6. The van der Waals surface area contributed by atoms with E-state index >= 15 is 0 Å². The number of carbonyl (C=O) groups excluding carboxylic acids is 1. The molecule has 3 aromatic rings. The molecule has 0 aliphatic carbocycles. The molecule has 0 radical (unpaired) electrons. The van der Waals surface area contributed by atoms with Crippen LogP contribution in [0.3, 0.4) is 0 Å². The number of hydrogen-bond donors (Lipinski definition) is 0. The van der Waals surface area contributed by atoms with E-state index in [9.17, 15) is 4.79 Å². The maximum Gasteiger partial charge on any atom is 0.256 e. The van der Waals surface area contributed by atoms with Gasteiger partial charge < -0.3 is 9.80 Å². The summed E-state index contributed by atoms with van der Waals surface area (Å²) < 4.78 is 0.